The van der Waals surface area contributed by atoms with Crippen LogP contribution in [0.5, 0.6) is 0 Å². The number of rotatable bonds is 3. The third-order valence-corrected chi connectivity index (χ3v) is 5.11. The van der Waals surface area contributed by atoms with Crippen LogP contribution >= 0.6 is 11.6 Å². The van der Waals surface area contributed by atoms with Gasteiger partial charge in [0.15, 0.2) is 0 Å². The molecule has 1 aromatic heterocycles. The summed E-state index contributed by atoms with van der Waals surface area (Å²) < 4.78 is 53.2. The molecule has 7 nitrogen and oxygen atoms in total. The Morgan fingerprint density at radius 2 is 2.05 bits per heavy atom. The van der Waals surface area contributed by atoms with E-state index in [1.807, 2.05) is 0 Å². The van der Waals surface area contributed by atoms with E-state index in [9.17, 15) is 22.3 Å². The predicted molar refractivity (Wildman–Crippen MR) is 70.4 cm³/mol. The van der Waals surface area contributed by atoms with Gasteiger partial charge in [-0.1, -0.05) is 0 Å². The maximum Gasteiger partial charge on any atom is 0.371 e. The number of aryl methyl sites for hydroxylation is 2. The largest absolute Gasteiger partial charge is 0.371 e. The molecule has 0 aromatic carbocycles. The van der Waals surface area contributed by atoms with Gasteiger partial charge < -0.3 is 5.11 Å². The lowest BCUT2D eigenvalue weighted by molar-refractivity contribution is -0.175. The standard InChI is InChI=1S/C10H13ClF2N4O3S/c1-6-4-9(18,10(11,12)13)17(14-6)21(19,20)8-5-16(3)15-7(8)2/h5,18H,4H2,1-3H3. The zero-order valence-electron chi connectivity index (χ0n) is 11.4. The van der Waals surface area contributed by atoms with Crippen LogP contribution in [0.25, 0.3) is 0 Å². The Morgan fingerprint density at radius 1 is 1.48 bits per heavy atom. The highest BCUT2D eigenvalue weighted by molar-refractivity contribution is 7.89. The maximum atomic E-state index is 13.5. The number of nitrogens with zero attached hydrogens (tertiary/aromatic N) is 4. The van der Waals surface area contributed by atoms with Gasteiger partial charge in [-0.2, -0.15) is 27.4 Å². The number of hydrogen-bond acceptors (Lipinski definition) is 5. The molecule has 2 rings (SSSR count). The molecule has 21 heavy (non-hydrogen) atoms. The molecule has 0 saturated carbocycles. The Morgan fingerprint density at radius 3 is 2.48 bits per heavy atom. The molecule has 0 spiro atoms. The van der Waals surface area contributed by atoms with Crippen LogP contribution in [0.2, 0.25) is 0 Å². The molecular weight excluding hydrogens is 330 g/mol. The molecule has 0 radical (unpaired) electrons. The van der Waals surface area contributed by atoms with Crippen LogP contribution in [-0.2, 0) is 17.1 Å². The second-order valence-electron chi connectivity index (χ2n) is 4.83. The molecule has 0 bridgehead atoms. The van der Waals surface area contributed by atoms with Gasteiger partial charge >= 0.3 is 5.38 Å². The van der Waals surface area contributed by atoms with Gasteiger partial charge in [0.1, 0.15) is 4.90 Å². The van der Waals surface area contributed by atoms with Crippen LogP contribution < -0.4 is 0 Å². The Bertz CT molecular complexity index is 712. The van der Waals surface area contributed by atoms with Crippen molar-refractivity contribution in [2.24, 2.45) is 12.1 Å². The second-order valence-corrected chi connectivity index (χ2v) is 7.04. The van der Waals surface area contributed by atoms with E-state index in [0.29, 0.717) is 0 Å². The molecule has 2 heterocycles. The lowest BCUT2D eigenvalue weighted by Crippen LogP contribution is -2.56. The van der Waals surface area contributed by atoms with Crippen LogP contribution in [0.4, 0.5) is 8.78 Å². The van der Waals surface area contributed by atoms with E-state index in [1.54, 1.807) is 0 Å². The first-order chi connectivity index (χ1) is 9.39. The van der Waals surface area contributed by atoms with E-state index in [-0.39, 0.29) is 20.7 Å². The van der Waals surface area contributed by atoms with Crippen molar-refractivity contribution in [1.29, 1.82) is 0 Å². The number of hydrogen-bond donors (Lipinski definition) is 1. The fraction of sp³-hybridized carbons (Fsp3) is 0.600. The van der Waals surface area contributed by atoms with Crippen molar-refractivity contribution in [1.82, 2.24) is 14.2 Å². The SMILES string of the molecule is CC1=NN(S(=O)(=O)c2cn(C)nc2C)C(O)(C(F)(F)Cl)C1. The third-order valence-electron chi connectivity index (χ3n) is 3.01. The molecule has 0 aliphatic carbocycles. The van der Waals surface area contributed by atoms with Crippen LogP contribution in [0, 0.1) is 6.92 Å². The zero-order chi connectivity index (χ0) is 16.2. The average Bonchev–Trinajstić information content (AvgIpc) is 2.79. The molecule has 0 saturated heterocycles. The first kappa shape index (κ1) is 16.1. The Kier molecular flexibility index (Phi) is 3.54. The van der Waals surface area contributed by atoms with Crippen molar-refractivity contribution in [2.45, 2.75) is 36.3 Å². The molecular formula is C10H13ClF2N4O3S. The normalized spacial score (nSPS) is 23.6. The van der Waals surface area contributed by atoms with E-state index < -0.39 is 27.6 Å². The maximum absolute atomic E-state index is 13.5. The first-order valence-corrected chi connectivity index (χ1v) is 7.60. The van der Waals surface area contributed by atoms with Crippen LogP contribution in [0.1, 0.15) is 19.0 Å². The van der Waals surface area contributed by atoms with Gasteiger partial charge in [-0.3, -0.25) is 4.68 Å². The summed E-state index contributed by atoms with van der Waals surface area (Å²) in [4.78, 5) is -0.331. The Labute approximate surface area is 124 Å². The minimum Gasteiger partial charge on any atom is -0.363 e. The van der Waals surface area contributed by atoms with E-state index in [4.69, 9.17) is 11.6 Å². The Hall–Kier alpha value is -1.26. The van der Waals surface area contributed by atoms with Crippen molar-refractivity contribution in [3.63, 3.8) is 0 Å². The lowest BCUT2D eigenvalue weighted by atomic mass is 10.1. The quantitative estimate of drug-likeness (QED) is 0.831. The van der Waals surface area contributed by atoms with Crippen LogP contribution in [0.3, 0.4) is 0 Å². The summed E-state index contributed by atoms with van der Waals surface area (Å²) in [7, 11) is -3.05. The summed E-state index contributed by atoms with van der Waals surface area (Å²) in [6.07, 6.45) is 0.447. The molecule has 0 amide bonds. The number of halogens is 3. The molecule has 118 valence electrons. The molecule has 11 heteroatoms. The number of sulfonamides is 1. The van der Waals surface area contributed by atoms with Gasteiger partial charge in [-0.25, -0.2) is 0 Å². The first-order valence-electron chi connectivity index (χ1n) is 5.78. The summed E-state index contributed by atoms with van der Waals surface area (Å²) in [5.41, 5.74) is -3.04. The number of aromatic nitrogens is 2. The summed E-state index contributed by atoms with van der Waals surface area (Å²) in [6.45, 7) is 2.72. The highest BCUT2D eigenvalue weighted by Crippen LogP contribution is 2.44. The molecule has 1 aliphatic rings. The topological polar surface area (TPSA) is 87.8 Å². The van der Waals surface area contributed by atoms with E-state index in [2.05, 4.69) is 10.2 Å². The molecule has 1 unspecified atom stereocenters. The molecule has 1 N–H and O–H groups in total. The van der Waals surface area contributed by atoms with Crippen molar-refractivity contribution < 1.29 is 22.3 Å². The summed E-state index contributed by atoms with van der Waals surface area (Å²) >= 11 is 4.90. The number of hydrazone groups is 1. The summed E-state index contributed by atoms with van der Waals surface area (Å²) in [6, 6.07) is 0. The minimum absolute atomic E-state index is 0.0166. The van der Waals surface area contributed by atoms with E-state index in [0.717, 1.165) is 6.20 Å². The van der Waals surface area contributed by atoms with Gasteiger partial charge in [-0.05, 0) is 25.4 Å². The minimum atomic E-state index is -4.52. The van der Waals surface area contributed by atoms with Gasteiger partial charge in [0.25, 0.3) is 15.7 Å². The monoisotopic (exact) mass is 342 g/mol. The smallest absolute Gasteiger partial charge is 0.363 e. The third kappa shape index (κ3) is 2.40. The molecule has 1 aromatic rings. The van der Waals surface area contributed by atoms with E-state index >= 15 is 0 Å². The van der Waals surface area contributed by atoms with E-state index in [1.165, 1.54) is 25.6 Å². The van der Waals surface area contributed by atoms with Gasteiger partial charge in [-0.15, -0.1) is 4.41 Å². The highest BCUT2D eigenvalue weighted by Gasteiger charge is 2.62. The number of aliphatic hydroxyl groups is 1. The van der Waals surface area contributed by atoms with Crippen LogP contribution in [-0.4, -0.2) is 44.5 Å². The average molecular weight is 343 g/mol. The van der Waals surface area contributed by atoms with Crippen molar-refractivity contribution >= 4 is 27.3 Å². The van der Waals surface area contributed by atoms with Gasteiger partial charge in [0, 0.05) is 25.4 Å². The molecule has 1 aliphatic heterocycles. The van der Waals surface area contributed by atoms with Crippen molar-refractivity contribution in [2.75, 3.05) is 0 Å². The zero-order valence-corrected chi connectivity index (χ0v) is 13.0. The van der Waals surface area contributed by atoms with Crippen LogP contribution in [0.15, 0.2) is 16.2 Å². The fourth-order valence-electron chi connectivity index (χ4n) is 2.08. The van der Waals surface area contributed by atoms with Gasteiger partial charge in [0.05, 0.1) is 5.69 Å². The van der Waals surface area contributed by atoms with Crippen molar-refractivity contribution in [3.05, 3.63) is 11.9 Å². The molecule has 0 fully saturated rings. The van der Waals surface area contributed by atoms with Crippen molar-refractivity contribution in [3.8, 4) is 0 Å². The second kappa shape index (κ2) is 4.62. The lowest BCUT2D eigenvalue weighted by Gasteiger charge is -2.34. The molecule has 1 atom stereocenters. The Balaban J connectivity index is 2.60. The number of alkyl halides is 3. The summed E-state index contributed by atoms with van der Waals surface area (Å²) in [5.74, 6) is 0. The summed E-state index contributed by atoms with van der Waals surface area (Å²) in [5, 5.41) is 13.2. The highest BCUT2D eigenvalue weighted by atomic mass is 35.5. The van der Waals surface area contributed by atoms with Gasteiger partial charge in [0.2, 0.25) is 0 Å². The predicted octanol–water partition coefficient (Wildman–Crippen LogP) is 1.02. The fourth-order valence-corrected chi connectivity index (χ4v) is 3.99.